The third-order valence-corrected chi connectivity index (χ3v) is 5.77. The van der Waals surface area contributed by atoms with E-state index in [0.29, 0.717) is 18.4 Å². The van der Waals surface area contributed by atoms with Crippen molar-refractivity contribution in [2.24, 2.45) is 0 Å². The minimum atomic E-state index is -3.63. The molecular formula is C16H21NO5S. The monoisotopic (exact) mass is 339 g/mol. The number of rotatable bonds is 4. The summed E-state index contributed by atoms with van der Waals surface area (Å²) in [6, 6.07) is 4.32. The predicted molar refractivity (Wildman–Crippen MR) is 84.7 cm³/mol. The van der Waals surface area contributed by atoms with Gasteiger partial charge < -0.3 is 4.74 Å². The molecule has 1 atom stereocenters. The summed E-state index contributed by atoms with van der Waals surface area (Å²) in [5, 5.41) is 0. The van der Waals surface area contributed by atoms with Crippen LogP contribution in [0.25, 0.3) is 0 Å². The predicted octanol–water partition coefficient (Wildman–Crippen LogP) is 1.91. The van der Waals surface area contributed by atoms with Crippen LogP contribution in [0.2, 0.25) is 0 Å². The average Bonchev–Trinajstić information content (AvgIpc) is 2.49. The first kappa shape index (κ1) is 17.6. The van der Waals surface area contributed by atoms with Crippen molar-refractivity contribution in [1.82, 2.24) is 4.31 Å². The van der Waals surface area contributed by atoms with Crippen LogP contribution in [0.4, 0.5) is 0 Å². The van der Waals surface area contributed by atoms with Crippen molar-refractivity contribution >= 4 is 21.8 Å². The summed E-state index contributed by atoms with van der Waals surface area (Å²) >= 11 is 0. The number of benzene rings is 1. The fourth-order valence-corrected chi connectivity index (χ4v) is 3.39. The number of sulfonamides is 1. The fourth-order valence-electron chi connectivity index (χ4n) is 2.46. The van der Waals surface area contributed by atoms with Gasteiger partial charge in [-0.3, -0.25) is 4.79 Å². The molecule has 0 radical (unpaired) electrons. The number of carbonyl (C=O) groups is 2. The van der Waals surface area contributed by atoms with E-state index in [9.17, 15) is 18.0 Å². The second kappa shape index (κ2) is 6.80. The van der Waals surface area contributed by atoms with Crippen molar-refractivity contribution in [3.63, 3.8) is 0 Å². The molecule has 7 heteroatoms. The number of ketones is 1. The summed E-state index contributed by atoms with van der Waals surface area (Å²) in [4.78, 5) is 24.2. The molecule has 23 heavy (non-hydrogen) atoms. The van der Waals surface area contributed by atoms with Gasteiger partial charge in [-0.1, -0.05) is 6.07 Å². The zero-order valence-electron chi connectivity index (χ0n) is 13.5. The highest BCUT2D eigenvalue weighted by Crippen LogP contribution is 2.22. The first-order chi connectivity index (χ1) is 10.7. The highest BCUT2D eigenvalue weighted by atomic mass is 32.2. The van der Waals surface area contributed by atoms with Crippen LogP contribution in [0.3, 0.4) is 0 Å². The molecule has 1 aromatic rings. The minimum absolute atomic E-state index is 0.0232. The van der Waals surface area contributed by atoms with Gasteiger partial charge in [0.1, 0.15) is 0 Å². The van der Waals surface area contributed by atoms with Crippen molar-refractivity contribution < 1.29 is 22.7 Å². The SMILES string of the molecule is Cc1ccc(S(=O)(=O)N(C)C)cc1C(=O)O[C@@H]1CCCCC1=O. The molecule has 2 rings (SSSR count). The van der Waals surface area contributed by atoms with Gasteiger partial charge in [-0.15, -0.1) is 0 Å². The highest BCUT2D eigenvalue weighted by Gasteiger charge is 2.27. The molecule has 1 saturated carbocycles. The van der Waals surface area contributed by atoms with Gasteiger partial charge >= 0.3 is 5.97 Å². The molecule has 0 saturated heterocycles. The molecule has 1 fully saturated rings. The third kappa shape index (κ3) is 3.79. The minimum Gasteiger partial charge on any atom is -0.451 e. The van der Waals surface area contributed by atoms with E-state index in [-0.39, 0.29) is 16.2 Å². The Hall–Kier alpha value is -1.73. The molecule has 0 amide bonds. The number of esters is 1. The molecule has 0 aromatic heterocycles. The molecular weight excluding hydrogens is 318 g/mol. The summed E-state index contributed by atoms with van der Waals surface area (Å²) in [5.74, 6) is -0.724. The number of nitrogens with zero attached hydrogens (tertiary/aromatic N) is 1. The first-order valence-electron chi connectivity index (χ1n) is 7.50. The van der Waals surface area contributed by atoms with Crippen LogP contribution in [0.5, 0.6) is 0 Å². The molecule has 126 valence electrons. The lowest BCUT2D eigenvalue weighted by Crippen LogP contribution is -2.30. The van der Waals surface area contributed by atoms with Crippen molar-refractivity contribution in [2.75, 3.05) is 14.1 Å². The van der Waals surface area contributed by atoms with Gasteiger partial charge in [0.2, 0.25) is 10.0 Å². The van der Waals surface area contributed by atoms with Gasteiger partial charge in [-0.2, -0.15) is 0 Å². The van der Waals surface area contributed by atoms with E-state index in [1.54, 1.807) is 13.0 Å². The number of carbonyl (C=O) groups excluding carboxylic acids is 2. The summed E-state index contributed by atoms with van der Waals surface area (Å²) in [7, 11) is -0.786. The van der Waals surface area contributed by atoms with Gasteiger partial charge in [0, 0.05) is 20.5 Å². The van der Waals surface area contributed by atoms with Crippen LogP contribution in [0.15, 0.2) is 23.1 Å². The van der Waals surface area contributed by atoms with Crippen molar-refractivity contribution in [3.8, 4) is 0 Å². The Bertz CT molecular complexity index is 724. The number of hydrogen-bond acceptors (Lipinski definition) is 5. The Morgan fingerprint density at radius 3 is 2.57 bits per heavy atom. The fraction of sp³-hybridized carbons (Fsp3) is 0.500. The maximum atomic E-state index is 12.3. The Labute approximate surface area is 136 Å². The van der Waals surface area contributed by atoms with Gasteiger partial charge in [-0.25, -0.2) is 17.5 Å². The van der Waals surface area contributed by atoms with E-state index < -0.39 is 22.1 Å². The first-order valence-corrected chi connectivity index (χ1v) is 8.94. The van der Waals surface area contributed by atoms with Crippen LogP contribution in [0.1, 0.15) is 41.6 Å². The lowest BCUT2D eigenvalue weighted by Gasteiger charge is -2.21. The van der Waals surface area contributed by atoms with Gasteiger partial charge in [-0.05, 0) is 43.9 Å². The lowest BCUT2D eigenvalue weighted by molar-refractivity contribution is -0.129. The van der Waals surface area contributed by atoms with Gasteiger partial charge in [0.05, 0.1) is 10.5 Å². The quantitative estimate of drug-likeness (QED) is 0.783. The van der Waals surface area contributed by atoms with Crippen LogP contribution in [-0.2, 0) is 19.6 Å². The molecule has 0 spiro atoms. The standard InChI is InChI=1S/C16H21NO5S/c1-11-8-9-12(23(20,21)17(2)3)10-13(11)16(19)22-15-7-5-4-6-14(15)18/h8-10,15H,4-7H2,1-3H3/t15-/m1/s1. The Kier molecular flexibility index (Phi) is 5.21. The zero-order valence-corrected chi connectivity index (χ0v) is 14.4. The summed E-state index contributed by atoms with van der Waals surface area (Å²) in [6.07, 6.45) is 1.90. The van der Waals surface area contributed by atoms with Gasteiger partial charge in [0.25, 0.3) is 0 Å². The van der Waals surface area contributed by atoms with E-state index in [2.05, 4.69) is 0 Å². The van der Waals surface area contributed by atoms with Crippen LogP contribution >= 0.6 is 0 Å². The summed E-state index contributed by atoms with van der Waals surface area (Å²) in [6.45, 7) is 1.70. The van der Waals surface area contributed by atoms with Gasteiger partial charge in [0.15, 0.2) is 11.9 Å². The largest absolute Gasteiger partial charge is 0.451 e. The number of hydrogen-bond donors (Lipinski definition) is 0. The second-order valence-corrected chi connectivity index (χ2v) is 8.02. The molecule has 0 unspecified atom stereocenters. The van der Waals surface area contributed by atoms with E-state index in [1.165, 1.54) is 26.2 Å². The number of ether oxygens (including phenoxy) is 1. The van der Waals surface area contributed by atoms with Crippen molar-refractivity contribution in [3.05, 3.63) is 29.3 Å². The highest BCUT2D eigenvalue weighted by molar-refractivity contribution is 7.89. The molecule has 1 aliphatic rings. The van der Waals surface area contributed by atoms with Crippen LogP contribution in [-0.4, -0.2) is 44.7 Å². The molecule has 0 N–H and O–H groups in total. The lowest BCUT2D eigenvalue weighted by atomic mass is 9.96. The molecule has 6 nitrogen and oxygen atoms in total. The molecule has 1 aromatic carbocycles. The Balaban J connectivity index is 2.28. The maximum absolute atomic E-state index is 12.3. The molecule has 0 aliphatic heterocycles. The summed E-state index contributed by atoms with van der Waals surface area (Å²) < 4.78 is 30.7. The topological polar surface area (TPSA) is 80.8 Å². The second-order valence-electron chi connectivity index (χ2n) is 5.87. The van der Waals surface area contributed by atoms with Crippen LogP contribution < -0.4 is 0 Å². The normalized spacial score (nSPS) is 19.0. The Morgan fingerprint density at radius 2 is 1.96 bits per heavy atom. The van der Waals surface area contributed by atoms with Crippen LogP contribution in [0, 0.1) is 6.92 Å². The average molecular weight is 339 g/mol. The Morgan fingerprint density at radius 1 is 1.26 bits per heavy atom. The number of Topliss-reactive ketones (excluding diaryl/α,β-unsaturated/α-hetero) is 1. The zero-order chi connectivity index (χ0) is 17.2. The molecule has 0 bridgehead atoms. The van der Waals surface area contributed by atoms with Crippen molar-refractivity contribution in [1.29, 1.82) is 0 Å². The van der Waals surface area contributed by atoms with Crippen molar-refractivity contribution in [2.45, 2.75) is 43.6 Å². The van der Waals surface area contributed by atoms with E-state index in [4.69, 9.17) is 4.74 Å². The number of aryl methyl sites for hydroxylation is 1. The smallest absolute Gasteiger partial charge is 0.339 e. The molecule has 0 heterocycles. The molecule has 1 aliphatic carbocycles. The van der Waals surface area contributed by atoms with E-state index in [1.807, 2.05) is 0 Å². The third-order valence-electron chi connectivity index (χ3n) is 3.96. The van der Waals surface area contributed by atoms with E-state index in [0.717, 1.165) is 17.1 Å². The maximum Gasteiger partial charge on any atom is 0.339 e. The van der Waals surface area contributed by atoms with E-state index >= 15 is 0 Å². The summed E-state index contributed by atoms with van der Waals surface area (Å²) in [5.41, 5.74) is 0.780.